The van der Waals surface area contributed by atoms with Crippen molar-refractivity contribution >= 4 is 6.09 Å². The van der Waals surface area contributed by atoms with E-state index in [1.54, 1.807) is 0 Å². The highest BCUT2D eigenvalue weighted by molar-refractivity contribution is 5.67. The van der Waals surface area contributed by atoms with E-state index in [0.717, 1.165) is 40.7 Å². The number of hydrogen-bond donors (Lipinski definition) is 7. The first-order valence-corrected chi connectivity index (χ1v) is 27.0. The number of carbonyl (C=O) groups excluding carboxylic acids is 1. The van der Waals surface area contributed by atoms with Crippen molar-refractivity contribution in [3.05, 3.63) is 179 Å². The van der Waals surface area contributed by atoms with Gasteiger partial charge in [-0.3, -0.25) is 0 Å². The molecule has 428 valence electrons. The minimum atomic E-state index is -1.88. The molecule has 3 saturated heterocycles. The van der Waals surface area contributed by atoms with E-state index in [9.17, 15) is 35.4 Å². The van der Waals surface area contributed by atoms with Crippen LogP contribution in [-0.4, -0.2) is 162 Å². The summed E-state index contributed by atoms with van der Waals surface area (Å²) in [5.41, 5.74) is 4.42. The van der Waals surface area contributed by atoms with E-state index >= 15 is 0 Å². The van der Waals surface area contributed by atoms with Crippen molar-refractivity contribution < 1.29 is 87.5 Å². The second-order valence-corrected chi connectivity index (χ2v) is 19.7. The van der Waals surface area contributed by atoms with Crippen LogP contribution in [0.15, 0.2) is 152 Å². The molecule has 79 heavy (non-hydrogen) atoms. The van der Waals surface area contributed by atoms with Gasteiger partial charge in [0.05, 0.1) is 46.2 Å². The van der Waals surface area contributed by atoms with Gasteiger partial charge >= 0.3 is 6.09 Å². The van der Waals surface area contributed by atoms with Gasteiger partial charge in [0, 0.05) is 13.2 Å². The lowest BCUT2D eigenvalue weighted by molar-refractivity contribution is -0.384. The maximum Gasteiger partial charge on any atom is 0.407 e. The molecule has 19 nitrogen and oxygen atoms in total. The molecule has 0 aliphatic carbocycles. The van der Waals surface area contributed by atoms with E-state index in [2.05, 4.69) is 5.32 Å². The zero-order valence-electron chi connectivity index (χ0n) is 44.1. The molecular formula is C60H75NO18. The quantitative estimate of drug-likeness (QED) is 0.0317. The fourth-order valence-electron chi connectivity index (χ4n) is 9.60. The zero-order chi connectivity index (χ0) is 55.2. The Morgan fingerprint density at radius 1 is 0.418 bits per heavy atom. The summed E-state index contributed by atoms with van der Waals surface area (Å²) < 4.78 is 69.1. The Balaban J connectivity index is 0.922. The summed E-state index contributed by atoms with van der Waals surface area (Å²) in [5.74, 6) is 0. The lowest BCUT2D eigenvalue weighted by Gasteiger charge is -2.49. The molecule has 3 aliphatic rings. The Morgan fingerprint density at radius 3 is 1.35 bits per heavy atom. The van der Waals surface area contributed by atoms with Crippen LogP contribution in [-0.2, 0) is 85.1 Å². The third-order valence-corrected chi connectivity index (χ3v) is 13.9. The van der Waals surface area contributed by atoms with Gasteiger partial charge < -0.3 is 88.1 Å². The van der Waals surface area contributed by atoms with Gasteiger partial charge in [0.15, 0.2) is 18.9 Å². The molecule has 0 saturated carbocycles. The van der Waals surface area contributed by atoms with Crippen molar-refractivity contribution in [3.8, 4) is 0 Å². The van der Waals surface area contributed by atoms with E-state index in [-0.39, 0.29) is 46.2 Å². The molecule has 0 aromatic heterocycles. The predicted molar refractivity (Wildman–Crippen MR) is 284 cm³/mol. The topological polar surface area (TPSA) is 252 Å². The summed E-state index contributed by atoms with van der Waals surface area (Å²) in [6.45, 7) is -0.0432. The Kier molecular flexibility index (Phi) is 24.0. The summed E-state index contributed by atoms with van der Waals surface area (Å²) in [5, 5.41) is 70.3. The average Bonchev–Trinajstić information content (AvgIpc) is 3.53. The van der Waals surface area contributed by atoms with E-state index in [4.69, 9.17) is 52.1 Å². The van der Waals surface area contributed by atoms with Gasteiger partial charge in [-0.2, -0.15) is 0 Å². The zero-order valence-corrected chi connectivity index (χ0v) is 44.1. The van der Waals surface area contributed by atoms with Gasteiger partial charge in [-0.05, 0) is 40.7 Å². The van der Waals surface area contributed by atoms with Crippen LogP contribution in [0, 0.1) is 0 Å². The van der Waals surface area contributed by atoms with Crippen LogP contribution in [0.25, 0.3) is 0 Å². The first-order valence-electron chi connectivity index (χ1n) is 27.0. The lowest BCUT2D eigenvalue weighted by Crippen LogP contribution is -2.67. The standard InChI is InChI=1S/C60H75NO18/c62-32-45-52(48(64)50(66)57(75-45)70-31-19-2-1-18-30-61-60(68)74-38-44-28-16-7-17-29-44)78-58-51(67)49(65)53(46(33-63)76-58)79-59-56(73-37-43-26-14-6-15-27-43)55(72-36-42-24-12-5-13-25-42)54(71-35-41-22-10-4-11-23-41)47(77-59)39-69-34-40-20-8-3-9-21-40/h3-17,20-29,45-59,62-67H,1-2,18-19,30-39H2,(H,61,68)/t45-,46-,47-,48-,49-,50-,51-,52-,53+,54+,55+,56-,57-,58+,59-/m1/s1. The van der Waals surface area contributed by atoms with Gasteiger partial charge in [0.1, 0.15) is 79.9 Å². The van der Waals surface area contributed by atoms with E-state index < -0.39 is 111 Å². The van der Waals surface area contributed by atoms with Crippen LogP contribution < -0.4 is 5.32 Å². The molecule has 0 spiro atoms. The molecule has 8 rings (SSSR count). The number of carbonyl (C=O) groups is 1. The molecule has 7 N–H and O–H groups in total. The molecule has 19 heteroatoms. The first kappa shape index (κ1) is 59.8. The molecule has 3 fully saturated rings. The summed E-state index contributed by atoms with van der Waals surface area (Å²) >= 11 is 0. The van der Waals surface area contributed by atoms with Crippen LogP contribution in [0.3, 0.4) is 0 Å². The van der Waals surface area contributed by atoms with Gasteiger partial charge in [-0.15, -0.1) is 0 Å². The fourth-order valence-corrected chi connectivity index (χ4v) is 9.60. The summed E-state index contributed by atoms with van der Waals surface area (Å²) in [7, 11) is 0. The second kappa shape index (κ2) is 31.7. The monoisotopic (exact) mass is 1100 g/mol. The number of nitrogens with one attached hydrogen (secondary N) is 1. The van der Waals surface area contributed by atoms with E-state index in [1.807, 2.05) is 152 Å². The fraction of sp³-hybridized carbons (Fsp3) is 0.483. The minimum absolute atomic E-state index is 0.00101. The average molecular weight is 1100 g/mol. The van der Waals surface area contributed by atoms with Crippen LogP contribution in [0.5, 0.6) is 0 Å². The minimum Gasteiger partial charge on any atom is -0.445 e. The summed E-state index contributed by atoms with van der Waals surface area (Å²) in [4.78, 5) is 12.0. The number of aliphatic hydroxyl groups excluding tert-OH is 6. The first-order chi connectivity index (χ1) is 38.7. The Labute approximate surface area is 460 Å². The van der Waals surface area contributed by atoms with Crippen molar-refractivity contribution in [2.45, 2.75) is 151 Å². The smallest absolute Gasteiger partial charge is 0.407 e. The van der Waals surface area contributed by atoms with Gasteiger partial charge in [0.25, 0.3) is 0 Å². The molecule has 5 aromatic rings. The molecule has 0 radical (unpaired) electrons. The Hall–Kier alpha value is -5.27. The number of benzene rings is 5. The van der Waals surface area contributed by atoms with Crippen LogP contribution in [0.1, 0.15) is 53.5 Å². The Bertz CT molecular complexity index is 2450. The lowest BCUT2D eigenvalue weighted by atomic mass is 9.95. The second-order valence-electron chi connectivity index (χ2n) is 19.7. The highest BCUT2D eigenvalue weighted by Gasteiger charge is 2.55. The molecule has 0 unspecified atom stereocenters. The van der Waals surface area contributed by atoms with Crippen molar-refractivity contribution in [1.82, 2.24) is 5.32 Å². The van der Waals surface area contributed by atoms with Crippen molar-refractivity contribution in [3.63, 3.8) is 0 Å². The van der Waals surface area contributed by atoms with Crippen LogP contribution >= 0.6 is 0 Å². The molecule has 5 aromatic carbocycles. The highest BCUT2D eigenvalue weighted by atomic mass is 16.8. The number of alkyl carbamates (subject to hydrolysis) is 1. The summed E-state index contributed by atoms with van der Waals surface area (Å²) in [6, 6.07) is 47.8. The van der Waals surface area contributed by atoms with Gasteiger partial charge in [-0.25, -0.2) is 4.79 Å². The molecule has 1 amide bonds. The number of rotatable bonds is 29. The largest absolute Gasteiger partial charge is 0.445 e. The highest BCUT2D eigenvalue weighted by Crippen LogP contribution is 2.36. The van der Waals surface area contributed by atoms with Crippen molar-refractivity contribution in [2.75, 3.05) is 33.0 Å². The van der Waals surface area contributed by atoms with Gasteiger partial charge in [-0.1, -0.05) is 165 Å². The molecule has 3 heterocycles. The van der Waals surface area contributed by atoms with E-state index in [1.165, 1.54) is 0 Å². The normalized spacial score (nSPS) is 29.0. The maximum absolute atomic E-state index is 12.0. The number of amides is 1. The van der Waals surface area contributed by atoms with Gasteiger partial charge in [0.2, 0.25) is 0 Å². The molecule has 3 aliphatic heterocycles. The summed E-state index contributed by atoms with van der Waals surface area (Å²) in [6.07, 6.45) is -18.6. The molecular weight excluding hydrogens is 1020 g/mol. The molecule has 15 atom stereocenters. The number of aliphatic hydroxyl groups is 6. The Morgan fingerprint density at radius 2 is 0.835 bits per heavy atom. The predicted octanol–water partition coefficient (Wildman–Crippen LogP) is 4.84. The van der Waals surface area contributed by atoms with Crippen LogP contribution in [0.2, 0.25) is 0 Å². The third kappa shape index (κ3) is 17.6. The number of ether oxygens (including phenoxy) is 11. The number of unbranched alkanes of at least 4 members (excludes halogenated alkanes) is 3. The maximum atomic E-state index is 12.0. The third-order valence-electron chi connectivity index (χ3n) is 13.9. The van der Waals surface area contributed by atoms with Crippen molar-refractivity contribution in [2.24, 2.45) is 0 Å². The van der Waals surface area contributed by atoms with E-state index in [0.29, 0.717) is 19.4 Å². The van der Waals surface area contributed by atoms with Crippen LogP contribution in [0.4, 0.5) is 4.79 Å². The molecule has 0 bridgehead atoms. The number of hydrogen-bond acceptors (Lipinski definition) is 18. The van der Waals surface area contributed by atoms with Crippen molar-refractivity contribution in [1.29, 1.82) is 0 Å². The SMILES string of the molecule is O=C(NCCCCCCO[C@@H]1O[C@H](CO)[C@@H](O[C@@H]2O[C@H](CO)[C@H](O[C@H]3O[C@H](COCc4ccccc4)[C@H](OCc4ccccc4)[C@H](OCc4ccccc4)[C@H]3OCc3ccccc3)[C@H](O)[C@H]2O)[C@H](O)[C@H]1O)OCc1ccccc1.